The third-order valence-electron chi connectivity index (χ3n) is 2.46. The number of carbonyl (C=O) groups is 1. The normalized spacial score (nSPS) is 10.5. The summed E-state index contributed by atoms with van der Waals surface area (Å²) in [7, 11) is 0. The Hall–Kier alpha value is -0.830. The van der Waals surface area contributed by atoms with Gasteiger partial charge in [0.1, 0.15) is 0 Å². The fourth-order valence-corrected chi connectivity index (χ4v) is 2.74. The number of aryl methyl sites for hydroxylation is 1. The van der Waals surface area contributed by atoms with Gasteiger partial charge < -0.3 is 0 Å². The lowest BCUT2D eigenvalue weighted by Gasteiger charge is -2.02. The van der Waals surface area contributed by atoms with Crippen LogP contribution >= 0.6 is 34.5 Å². The minimum Gasteiger partial charge on any atom is -0.294 e. The molecule has 0 fully saturated rings. The van der Waals surface area contributed by atoms with Gasteiger partial charge in [0.25, 0.3) is 0 Å². The highest BCUT2D eigenvalue weighted by Gasteiger charge is 2.10. The number of rotatable bonds is 3. The van der Waals surface area contributed by atoms with E-state index in [-0.39, 0.29) is 5.78 Å². The molecule has 2 aromatic rings. The fraction of sp³-hybridized carbons (Fsp3) is 0.154. The number of hydrogen-bond acceptors (Lipinski definition) is 2. The van der Waals surface area contributed by atoms with Crippen molar-refractivity contribution in [2.24, 2.45) is 0 Å². The fourth-order valence-electron chi connectivity index (χ4n) is 1.47. The second-order valence-electron chi connectivity index (χ2n) is 3.77. The summed E-state index contributed by atoms with van der Waals surface area (Å²) in [6.45, 7) is 1.91. The van der Waals surface area contributed by atoms with Crippen LogP contribution in [0.25, 0.3) is 0 Å². The summed E-state index contributed by atoms with van der Waals surface area (Å²) >= 11 is 13.2. The molecule has 2 rings (SSSR count). The van der Waals surface area contributed by atoms with Gasteiger partial charge in [0.15, 0.2) is 5.78 Å². The van der Waals surface area contributed by atoms with Gasteiger partial charge in [-0.05, 0) is 30.7 Å². The summed E-state index contributed by atoms with van der Waals surface area (Å²) in [4.78, 5) is 13.0. The highest BCUT2D eigenvalue weighted by atomic mass is 35.5. The summed E-state index contributed by atoms with van der Waals surface area (Å²) < 4.78 is 0.703. The minimum atomic E-state index is 0.0606. The molecule has 0 aliphatic heterocycles. The number of hydrogen-bond donors (Lipinski definition) is 0. The molecule has 0 aliphatic rings. The molecule has 17 heavy (non-hydrogen) atoms. The number of ketones is 1. The second-order valence-corrected chi connectivity index (χ2v) is 5.98. The summed E-state index contributed by atoms with van der Waals surface area (Å²) in [5, 5.41) is 0.625. The third-order valence-corrected chi connectivity index (χ3v) is 4.10. The molecule has 0 radical (unpaired) electrons. The maximum Gasteiger partial charge on any atom is 0.168 e. The predicted octanol–water partition coefficient (Wildman–Crippen LogP) is 4.79. The van der Waals surface area contributed by atoms with E-state index in [2.05, 4.69) is 0 Å². The van der Waals surface area contributed by atoms with E-state index in [1.807, 2.05) is 19.1 Å². The van der Waals surface area contributed by atoms with E-state index < -0.39 is 0 Å². The monoisotopic (exact) mass is 284 g/mol. The lowest BCUT2D eigenvalue weighted by atomic mass is 10.1. The van der Waals surface area contributed by atoms with Crippen molar-refractivity contribution in [3.63, 3.8) is 0 Å². The Labute approximate surface area is 114 Å². The zero-order valence-electron chi connectivity index (χ0n) is 9.17. The molecular weight excluding hydrogens is 275 g/mol. The predicted molar refractivity (Wildman–Crippen MR) is 73.6 cm³/mol. The quantitative estimate of drug-likeness (QED) is 0.741. The average Bonchev–Trinajstić information content (AvgIpc) is 2.68. The van der Waals surface area contributed by atoms with Crippen molar-refractivity contribution in [1.29, 1.82) is 0 Å². The maximum atomic E-state index is 12.0. The summed E-state index contributed by atoms with van der Waals surface area (Å²) in [6, 6.07) is 9.06. The molecule has 1 aromatic carbocycles. The maximum absolute atomic E-state index is 12.0. The van der Waals surface area contributed by atoms with E-state index in [0.717, 1.165) is 10.4 Å². The van der Waals surface area contributed by atoms with E-state index in [9.17, 15) is 4.79 Å². The zero-order chi connectivity index (χ0) is 12.4. The molecule has 0 aliphatic carbocycles. The van der Waals surface area contributed by atoms with Gasteiger partial charge in [-0.2, -0.15) is 0 Å². The molecule has 1 aromatic heterocycles. The molecule has 88 valence electrons. The van der Waals surface area contributed by atoms with Crippen LogP contribution in [0.1, 0.15) is 20.8 Å². The van der Waals surface area contributed by atoms with E-state index >= 15 is 0 Å². The van der Waals surface area contributed by atoms with Crippen molar-refractivity contribution in [1.82, 2.24) is 0 Å². The molecule has 0 atom stereocenters. The first-order chi connectivity index (χ1) is 8.06. The van der Waals surface area contributed by atoms with Crippen LogP contribution in [0.4, 0.5) is 0 Å². The lowest BCUT2D eigenvalue weighted by molar-refractivity contribution is 0.0994. The Morgan fingerprint density at radius 2 is 2.00 bits per heavy atom. The molecule has 0 amide bonds. The van der Waals surface area contributed by atoms with Gasteiger partial charge in [0.2, 0.25) is 0 Å². The highest BCUT2D eigenvalue weighted by Crippen LogP contribution is 2.23. The van der Waals surface area contributed by atoms with Crippen molar-refractivity contribution in [3.8, 4) is 0 Å². The number of Topliss-reactive ketones (excluding diaryl/α,β-unsaturated/α-hetero) is 1. The second kappa shape index (κ2) is 5.21. The van der Waals surface area contributed by atoms with Gasteiger partial charge in [-0.15, -0.1) is 11.3 Å². The number of halogens is 2. The summed E-state index contributed by atoms with van der Waals surface area (Å²) in [6.07, 6.45) is 0.372. The van der Waals surface area contributed by atoms with Gasteiger partial charge in [-0.25, -0.2) is 0 Å². The van der Waals surface area contributed by atoms with Crippen LogP contribution in [-0.2, 0) is 6.42 Å². The summed E-state index contributed by atoms with van der Waals surface area (Å²) in [5.74, 6) is 0.0606. The highest BCUT2D eigenvalue weighted by molar-refractivity contribution is 7.16. The van der Waals surface area contributed by atoms with Crippen LogP contribution in [0.15, 0.2) is 30.3 Å². The molecule has 0 saturated carbocycles. The Morgan fingerprint density at radius 3 is 2.59 bits per heavy atom. The molecule has 4 heteroatoms. The first-order valence-electron chi connectivity index (χ1n) is 5.10. The molecule has 0 N–H and O–H groups in total. The molecule has 0 spiro atoms. The van der Waals surface area contributed by atoms with Crippen molar-refractivity contribution in [2.45, 2.75) is 13.3 Å². The smallest absolute Gasteiger partial charge is 0.168 e. The Bertz CT molecular complexity index is 560. The van der Waals surface area contributed by atoms with Crippen LogP contribution in [0.3, 0.4) is 0 Å². The van der Waals surface area contributed by atoms with Gasteiger partial charge in [-0.3, -0.25) is 4.79 Å². The number of carbonyl (C=O) groups excluding carboxylic acids is 1. The van der Waals surface area contributed by atoms with Crippen LogP contribution in [0.2, 0.25) is 9.36 Å². The van der Waals surface area contributed by atoms with Crippen LogP contribution in [0, 0.1) is 6.92 Å². The number of thiophene rings is 1. The Morgan fingerprint density at radius 1 is 1.24 bits per heavy atom. The number of benzene rings is 1. The molecular formula is C13H10Cl2OS. The van der Waals surface area contributed by atoms with Crippen LogP contribution in [0.5, 0.6) is 0 Å². The van der Waals surface area contributed by atoms with Crippen molar-refractivity contribution in [3.05, 3.63) is 55.7 Å². The first kappa shape index (κ1) is 12.6. The van der Waals surface area contributed by atoms with Gasteiger partial charge >= 0.3 is 0 Å². The SMILES string of the molecule is Cc1ccc(C(=O)Cc2ccc(Cl)s2)cc1Cl. The zero-order valence-corrected chi connectivity index (χ0v) is 11.5. The molecule has 0 saturated heterocycles. The van der Waals surface area contributed by atoms with Gasteiger partial charge in [0.05, 0.1) is 4.34 Å². The third kappa shape index (κ3) is 3.09. The van der Waals surface area contributed by atoms with Gasteiger partial charge in [-0.1, -0.05) is 35.3 Å². The topological polar surface area (TPSA) is 17.1 Å². The Kier molecular flexibility index (Phi) is 3.87. The first-order valence-corrected chi connectivity index (χ1v) is 6.67. The van der Waals surface area contributed by atoms with Crippen LogP contribution in [-0.4, -0.2) is 5.78 Å². The average molecular weight is 285 g/mol. The van der Waals surface area contributed by atoms with Crippen molar-refractivity contribution < 1.29 is 4.79 Å². The molecule has 0 unspecified atom stereocenters. The van der Waals surface area contributed by atoms with Gasteiger partial charge in [0, 0.05) is 21.9 Å². The Balaban J connectivity index is 2.17. The minimum absolute atomic E-state index is 0.0606. The van der Waals surface area contributed by atoms with Crippen molar-refractivity contribution >= 4 is 40.3 Å². The largest absolute Gasteiger partial charge is 0.294 e. The molecule has 1 heterocycles. The van der Waals surface area contributed by atoms with E-state index in [1.54, 1.807) is 18.2 Å². The molecule has 1 nitrogen and oxygen atoms in total. The van der Waals surface area contributed by atoms with E-state index in [4.69, 9.17) is 23.2 Å². The molecule has 0 bridgehead atoms. The van der Waals surface area contributed by atoms with E-state index in [0.29, 0.717) is 21.3 Å². The van der Waals surface area contributed by atoms with Crippen LogP contribution < -0.4 is 0 Å². The standard InChI is InChI=1S/C13H10Cl2OS/c1-8-2-3-9(6-11(8)14)12(16)7-10-4-5-13(15)17-10/h2-6H,7H2,1H3. The lowest BCUT2D eigenvalue weighted by Crippen LogP contribution is -2.02. The van der Waals surface area contributed by atoms with E-state index in [1.165, 1.54) is 11.3 Å². The van der Waals surface area contributed by atoms with Crippen molar-refractivity contribution in [2.75, 3.05) is 0 Å². The summed E-state index contributed by atoms with van der Waals surface area (Å²) in [5.41, 5.74) is 1.62.